The van der Waals surface area contributed by atoms with Crippen LogP contribution in [-0.2, 0) is 20.8 Å². The summed E-state index contributed by atoms with van der Waals surface area (Å²) in [6.45, 7) is 0. The number of ether oxygens (including phenoxy) is 1. The number of nitrogens with one attached hydrogen (secondary N) is 1. The normalized spacial score (nSPS) is 20.2. The number of amides is 1. The lowest BCUT2D eigenvalue weighted by atomic mass is 9.92. The van der Waals surface area contributed by atoms with Crippen molar-refractivity contribution in [2.45, 2.75) is 31.1 Å². The highest BCUT2D eigenvalue weighted by atomic mass is 16.6. The van der Waals surface area contributed by atoms with Crippen molar-refractivity contribution in [2.75, 3.05) is 12.0 Å². The predicted molar refractivity (Wildman–Crippen MR) is 129 cm³/mol. The number of nitrogens with zero attached hydrogens (tertiary/aromatic N) is 1. The van der Waals surface area contributed by atoms with Crippen molar-refractivity contribution in [1.82, 2.24) is 0 Å². The molecule has 3 aromatic carbocycles. The van der Waals surface area contributed by atoms with E-state index in [1.807, 2.05) is 72.8 Å². The Morgan fingerprint density at radius 1 is 1.06 bits per heavy atom. The molecule has 4 rings (SSSR count). The summed E-state index contributed by atoms with van der Waals surface area (Å²) in [6, 6.07) is 25.3. The third-order valence-electron chi connectivity index (χ3n) is 6.21. The van der Waals surface area contributed by atoms with Gasteiger partial charge in [0.25, 0.3) is 5.91 Å². The van der Waals surface area contributed by atoms with Crippen LogP contribution in [0, 0.1) is 5.41 Å². The molecule has 1 heterocycles. The van der Waals surface area contributed by atoms with Gasteiger partial charge in [-0.2, -0.15) is 0 Å². The number of benzene rings is 3. The number of methoxy groups -OCH3 is 1. The van der Waals surface area contributed by atoms with Gasteiger partial charge in [-0.25, -0.2) is 5.90 Å². The number of carbonyl (C=O) groups excluding carboxylic acids is 1. The molecule has 33 heavy (non-hydrogen) atoms. The summed E-state index contributed by atoms with van der Waals surface area (Å²) in [5.74, 6) is 5.47. The first-order chi connectivity index (χ1) is 16.0. The van der Waals surface area contributed by atoms with Gasteiger partial charge >= 0.3 is 0 Å². The second-order valence-corrected chi connectivity index (χ2v) is 8.21. The summed E-state index contributed by atoms with van der Waals surface area (Å²) >= 11 is 0. The van der Waals surface area contributed by atoms with E-state index in [0.29, 0.717) is 24.8 Å². The molecule has 1 aliphatic rings. The van der Waals surface area contributed by atoms with E-state index in [9.17, 15) is 4.79 Å². The lowest BCUT2D eigenvalue weighted by molar-refractivity contribution is -0.141. The third kappa shape index (κ3) is 4.52. The van der Waals surface area contributed by atoms with Crippen molar-refractivity contribution in [2.24, 2.45) is 11.6 Å². The second kappa shape index (κ2) is 9.54. The number of carbonyl (C=O) groups is 1. The van der Waals surface area contributed by atoms with Crippen LogP contribution in [0.4, 0.5) is 5.69 Å². The summed E-state index contributed by atoms with van der Waals surface area (Å²) in [7, 11) is 1.58. The number of amidine groups is 1. The molecule has 0 aliphatic carbocycles. The average Bonchev–Trinajstić information content (AvgIpc) is 3.15. The summed E-state index contributed by atoms with van der Waals surface area (Å²) in [4.78, 5) is 20.5. The molecule has 0 bridgehead atoms. The lowest BCUT2D eigenvalue weighted by Gasteiger charge is -2.26. The number of nitrogen functional groups attached to an aromatic ring is 1. The van der Waals surface area contributed by atoms with Crippen LogP contribution in [0.25, 0.3) is 11.1 Å². The van der Waals surface area contributed by atoms with Gasteiger partial charge in [0.1, 0.15) is 12.1 Å². The maximum Gasteiger partial charge on any atom is 0.263 e. The van der Waals surface area contributed by atoms with E-state index in [1.165, 1.54) is 0 Å². The Kier molecular flexibility index (Phi) is 6.55. The van der Waals surface area contributed by atoms with Crippen molar-refractivity contribution >= 4 is 17.4 Å². The van der Waals surface area contributed by atoms with Crippen LogP contribution in [0.3, 0.4) is 0 Å². The fourth-order valence-electron chi connectivity index (χ4n) is 4.34. The highest BCUT2D eigenvalue weighted by Crippen LogP contribution is 2.38. The van der Waals surface area contributed by atoms with E-state index in [0.717, 1.165) is 22.4 Å². The standard InChI is InChI=1S/C26H28N4O3/c1-32-23-17-26(33-29,15-14-18-6-5-9-21(16-18)24(27)28)25(31)30(23)22-12-10-20(11-13-22)19-7-3-2-4-8-19/h2-13,16,23H,14-15,17,29H2,1H3,(H3,27,28). The molecule has 1 amide bonds. The van der Waals surface area contributed by atoms with Crippen molar-refractivity contribution in [3.05, 3.63) is 90.0 Å². The zero-order valence-corrected chi connectivity index (χ0v) is 18.5. The van der Waals surface area contributed by atoms with Crippen LogP contribution in [-0.4, -0.2) is 30.7 Å². The summed E-state index contributed by atoms with van der Waals surface area (Å²) in [5, 5.41) is 7.64. The molecule has 1 fully saturated rings. The van der Waals surface area contributed by atoms with Gasteiger partial charge in [0.2, 0.25) is 0 Å². The first-order valence-corrected chi connectivity index (χ1v) is 10.8. The molecule has 2 unspecified atom stereocenters. The topological polar surface area (TPSA) is 115 Å². The second-order valence-electron chi connectivity index (χ2n) is 8.21. The van der Waals surface area contributed by atoms with Crippen LogP contribution < -0.4 is 16.5 Å². The summed E-state index contributed by atoms with van der Waals surface area (Å²) in [5.41, 5.74) is 8.88. The van der Waals surface area contributed by atoms with Gasteiger partial charge in [-0.15, -0.1) is 0 Å². The Morgan fingerprint density at radius 3 is 2.39 bits per heavy atom. The first kappa shape index (κ1) is 22.7. The number of hydrogen-bond donors (Lipinski definition) is 3. The van der Waals surface area contributed by atoms with Crippen LogP contribution in [0.2, 0.25) is 0 Å². The van der Waals surface area contributed by atoms with E-state index in [2.05, 4.69) is 0 Å². The van der Waals surface area contributed by atoms with E-state index in [-0.39, 0.29) is 11.7 Å². The van der Waals surface area contributed by atoms with Gasteiger partial charge in [-0.05, 0) is 47.7 Å². The zero-order chi connectivity index (χ0) is 23.4. The van der Waals surface area contributed by atoms with Gasteiger partial charge in [0.15, 0.2) is 5.60 Å². The van der Waals surface area contributed by atoms with Crippen LogP contribution in [0.15, 0.2) is 78.9 Å². The molecular formula is C26H28N4O3. The SMILES string of the molecule is COC1CC(CCc2cccc(C(=N)N)c2)(ON)C(=O)N1c1ccc(-c2ccccc2)cc1. The molecule has 0 radical (unpaired) electrons. The van der Waals surface area contributed by atoms with Crippen LogP contribution in [0.5, 0.6) is 0 Å². The fourth-order valence-corrected chi connectivity index (χ4v) is 4.34. The average molecular weight is 445 g/mol. The van der Waals surface area contributed by atoms with Gasteiger partial charge < -0.3 is 10.5 Å². The van der Waals surface area contributed by atoms with E-state index in [4.69, 9.17) is 26.6 Å². The van der Waals surface area contributed by atoms with Gasteiger partial charge in [-0.1, -0.05) is 60.7 Å². The van der Waals surface area contributed by atoms with Crippen LogP contribution in [0.1, 0.15) is 24.0 Å². The smallest absolute Gasteiger partial charge is 0.263 e. The molecule has 0 saturated carbocycles. The summed E-state index contributed by atoms with van der Waals surface area (Å²) in [6.07, 6.45) is 0.738. The number of rotatable bonds is 8. The third-order valence-corrected chi connectivity index (χ3v) is 6.21. The quantitative estimate of drug-likeness (QED) is 0.279. The van der Waals surface area contributed by atoms with Crippen molar-refractivity contribution in [3.8, 4) is 11.1 Å². The molecule has 7 heteroatoms. The molecule has 1 saturated heterocycles. The predicted octanol–water partition coefficient (Wildman–Crippen LogP) is 3.61. The monoisotopic (exact) mass is 444 g/mol. The Bertz CT molecular complexity index is 1130. The molecule has 0 aromatic heterocycles. The molecule has 5 N–H and O–H groups in total. The van der Waals surface area contributed by atoms with Crippen molar-refractivity contribution < 1.29 is 14.4 Å². The van der Waals surface area contributed by atoms with Gasteiger partial charge in [0, 0.05) is 24.8 Å². The molecular weight excluding hydrogens is 416 g/mol. The number of nitrogens with two attached hydrogens (primary N) is 2. The minimum Gasteiger partial charge on any atom is -0.384 e. The Morgan fingerprint density at radius 2 is 1.76 bits per heavy atom. The molecule has 7 nitrogen and oxygen atoms in total. The lowest BCUT2D eigenvalue weighted by Crippen LogP contribution is -2.45. The van der Waals surface area contributed by atoms with Gasteiger partial charge in [-0.3, -0.25) is 19.9 Å². The minimum atomic E-state index is -1.20. The zero-order valence-electron chi connectivity index (χ0n) is 18.5. The van der Waals surface area contributed by atoms with Gasteiger partial charge in [0.05, 0.1) is 0 Å². The molecule has 170 valence electrons. The number of hydrogen-bond acceptors (Lipinski definition) is 5. The first-order valence-electron chi connectivity index (χ1n) is 10.8. The van der Waals surface area contributed by atoms with E-state index in [1.54, 1.807) is 18.1 Å². The highest BCUT2D eigenvalue weighted by Gasteiger charge is 2.53. The van der Waals surface area contributed by atoms with E-state index < -0.39 is 11.8 Å². The highest BCUT2D eigenvalue weighted by molar-refractivity contribution is 6.02. The maximum atomic E-state index is 13.6. The Labute approximate surface area is 193 Å². The van der Waals surface area contributed by atoms with Crippen LogP contribution >= 0.6 is 0 Å². The molecule has 3 aromatic rings. The van der Waals surface area contributed by atoms with Crippen molar-refractivity contribution in [1.29, 1.82) is 5.41 Å². The maximum absolute atomic E-state index is 13.6. The molecule has 1 aliphatic heterocycles. The molecule has 0 spiro atoms. The summed E-state index contributed by atoms with van der Waals surface area (Å²) < 4.78 is 5.65. The number of aryl methyl sites for hydroxylation is 1. The van der Waals surface area contributed by atoms with Crippen molar-refractivity contribution in [3.63, 3.8) is 0 Å². The number of anilines is 1. The minimum absolute atomic E-state index is 0.00292. The Balaban J connectivity index is 1.56. The largest absolute Gasteiger partial charge is 0.384 e. The fraction of sp³-hybridized carbons (Fsp3) is 0.231. The molecule has 2 atom stereocenters. The Hall–Kier alpha value is -3.52. The van der Waals surface area contributed by atoms with E-state index >= 15 is 0 Å².